The van der Waals surface area contributed by atoms with E-state index in [2.05, 4.69) is 0 Å². The highest BCUT2D eigenvalue weighted by Crippen LogP contribution is 2.64. The Kier molecular flexibility index (Phi) is 2.95. The Labute approximate surface area is 112 Å². The molecular weight excluding hydrogens is 248 g/mol. The van der Waals surface area contributed by atoms with Gasteiger partial charge < -0.3 is 20.8 Å². The molecule has 108 valence electrons. The zero-order chi connectivity index (χ0) is 14.7. The second-order valence-corrected chi connectivity index (χ2v) is 6.86. The number of carboxylic acids is 1. The first-order valence-corrected chi connectivity index (χ1v) is 6.51. The van der Waals surface area contributed by atoms with Gasteiger partial charge in [0.1, 0.15) is 12.1 Å². The lowest BCUT2D eigenvalue weighted by atomic mass is 9.96. The molecule has 1 unspecified atom stereocenters. The van der Waals surface area contributed by atoms with Crippen LogP contribution >= 0.6 is 0 Å². The van der Waals surface area contributed by atoms with Gasteiger partial charge in [-0.25, -0.2) is 4.79 Å². The van der Waals surface area contributed by atoms with Crippen molar-refractivity contribution in [3.05, 3.63) is 0 Å². The Morgan fingerprint density at radius 2 is 1.95 bits per heavy atom. The number of nitrogens with zero attached hydrogens (tertiary/aromatic N) is 1. The van der Waals surface area contributed by atoms with Crippen molar-refractivity contribution in [2.75, 3.05) is 6.54 Å². The Hall–Kier alpha value is -1.14. The Morgan fingerprint density at radius 3 is 2.37 bits per heavy atom. The minimum atomic E-state index is -1.36. The van der Waals surface area contributed by atoms with Crippen molar-refractivity contribution in [2.45, 2.75) is 45.4 Å². The molecule has 19 heavy (non-hydrogen) atoms. The second-order valence-electron chi connectivity index (χ2n) is 6.86. The largest absolute Gasteiger partial charge is 0.480 e. The third-order valence-corrected chi connectivity index (χ3v) is 4.77. The lowest BCUT2D eigenvalue weighted by Gasteiger charge is -2.33. The molecule has 0 aromatic rings. The molecular formula is C13H22N2O4. The molecule has 2 aliphatic rings. The summed E-state index contributed by atoms with van der Waals surface area (Å²) >= 11 is 0. The van der Waals surface area contributed by atoms with Gasteiger partial charge in [-0.2, -0.15) is 0 Å². The van der Waals surface area contributed by atoms with Crippen LogP contribution in [0.15, 0.2) is 0 Å². The minimum Gasteiger partial charge on any atom is -0.480 e. The van der Waals surface area contributed by atoms with E-state index in [9.17, 15) is 19.8 Å². The van der Waals surface area contributed by atoms with Crippen molar-refractivity contribution in [1.29, 1.82) is 0 Å². The van der Waals surface area contributed by atoms with E-state index in [0.29, 0.717) is 6.54 Å². The number of carbonyl (C=O) groups excluding carboxylic acids is 1. The fraction of sp³-hybridized carbons (Fsp3) is 0.846. The van der Waals surface area contributed by atoms with Crippen LogP contribution in [0.3, 0.4) is 0 Å². The molecule has 2 rings (SSSR count). The number of rotatable bonds is 3. The predicted octanol–water partition coefficient (Wildman–Crippen LogP) is -0.348. The monoisotopic (exact) mass is 270 g/mol. The SMILES string of the molecule is CC(C)(O)C(N)C(=O)N1C[C@H]2[C@@H]([C@H]1C(=O)O)C2(C)C. The third kappa shape index (κ3) is 2.03. The molecule has 0 radical (unpaired) electrons. The molecule has 0 bridgehead atoms. The first-order valence-electron chi connectivity index (χ1n) is 6.51. The van der Waals surface area contributed by atoms with E-state index >= 15 is 0 Å². The molecule has 0 aromatic heterocycles. The molecule has 0 aromatic carbocycles. The van der Waals surface area contributed by atoms with Gasteiger partial charge in [0.15, 0.2) is 0 Å². The van der Waals surface area contributed by atoms with Crippen molar-refractivity contribution in [2.24, 2.45) is 23.0 Å². The zero-order valence-electron chi connectivity index (χ0n) is 11.8. The van der Waals surface area contributed by atoms with Crippen LogP contribution in [0.4, 0.5) is 0 Å². The highest BCUT2D eigenvalue weighted by molar-refractivity contribution is 5.89. The molecule has 4 atom stereocenters. The highest BCUT2D eigenvalue weighted by atomic mass is 16.4. The number of hydrogen-bond acceptors (Lipinski definition) is 4. The number of amides is 1. The van der Waals surface area contributed by atoms with Crippen LogP contribution in [0, 0.1) is 17.3 Å². The van der Waals surface area contributed by atoms with Crippen LogP contribution in [0.2, 0.25) is 0 Å². The van der Waals surface area contributed by atoms with Crippen LogP contribution in [-0.4, -0.2) is 51.2 Å². The van der Waals surface area contributed by atoms with Gasteiger partial charge in [0.2, 0.25) is 5.91 Å². The van der Waals surface area contributed by atoms with Gasteiger partial charge in [-0.05, 0) is 25.2 Å². The number of aliphatic hydroxyl groups is 1. The number of carboxylic acid groups (broad SMARTS) is 1. The number of nitrogens with two attached hydrogens (primary N) is 1. The minimum absolute atomic E-state index is 0.0112. The average molecular weight is 270 g/mol. The first-order chi connectivity index (χ1) is 8.49. The topological polar surface area (TPSA) is 104 Å². The second kappa shape index (κ2) is 3.93. The van der Waals surface area contributed by atoms with Gasteiger partial charge in [-0.3, -0.25) is 4.79 Å². The maximum absolute atomic E-state index is 12.3. The molecule has 1 amide bonds. The van der Waals surface area contributed by atoms with E-state index in [-0.39, 0.29) is 17.3 Å². The summed E-state index contributed by atoms with van der Waals surface area (Å²) in [6.07, 6.45) is 0. The molecule has 4 N–H and O–H groups in total. The highest BCUT2D eigenvalue weighted by Gasteiger charge is 2.69. The maximum Gasteiger partial charge on any atom is 0.326 e. The van der Waals surface area contributed by atoms with Crippen LogP contribution in [-0.2, 0) is 9.59 Å². The van der Waals surface area contributed by atoms with E-state index in [1.165, 1.54) is 18.7 Å². The lowest BCUT2D eigenvalue weighted by Crippen LogP contribution is -2.58. The summed E-state index contributed by atoms with van der Waals surface area (Å²) in [5.74, 6) is -1.27. The summed E-state index contributed by atoms with van der Waals surface area (Å²) in [4.78, 5) is 25.0. The fourth-order valence-electron chi connectivity index (χ4n) is 3.28. The normalized spacial score (nSPS) is 33.8. The summed E-state index contributed by atoms with van der Waals surface area (Å²) in [5, 5.41) is 19.2. The van der Waals surface area contributed by atoms with Crippen LogP contribution < -0.4 is 5.73 Å². The van der Waals surface area contributed by atoms with Crippen molar-refractivity contribution >= 4 is 11.9 Å². The molecule has 2 fully saturated rings. The summed E-state index contributed by atoms with van der Waals surface area (Å²) in [7, 11) is 0. The Morgan fingerprint density at radius 1 is 1.42 bits per heavy atom. The van der Waals surface area contributed by atoms with Crippen molar-refractivity contribution in [1.82, 2.24) is 4.90 Å². The van der Waals surface area contributed by atoms with Gasteiger partial charge in [0.25, 0.3) is 0 Å². The van der Waals surface area contributed by atoms with Crippen LogP contribution in [0.5, 0.6) is 0 Å². The van der Waals surface area contributed by atoms with E-state index in [1.807, 2.05) is 13.8 Å². The van der Waals surface area contributed by atoms with Crippen molar-refractivity contribution in [3.8, 4) is 0 Å². The molecule has 6 nitrogen and oxygen atoms in total. The molecule has 1 aliphatic heterocycles. The Balaban J connectivity index is 2.19. The fourth-order valence-corrected chi connectivity index (χ4v) is 3.28. The van der Waals surface area contributed by atoms with Crippen molar-refractivity contribution < 1.29 is 19.8 Å². The van der Waals surface area contributed by atoms with Crippen LogP contribution in [0.1, 0.15) is 27.7 Å². The van der Waals surface area contributed by atoms with Gasteiger partial charge in [-0.1, -0.05) is 13.8 Å². The molecule has 0 spiro atoms. The molecule has 6 heteroatoms. The van der Waals surface area contributed by atoms with Crippen LogP contribution in [0.25, 0.3) is 0 Å². The van der Waals surface area contributed by atoms with Gasteiger partial charge in [0, 0.05) is 12.5 Å². The number of likely N-dealkylation sites (tertiary alicyclic amines) is 1. The standard InChI is InChI=1S/C13H22N2O4/c1-12(2)6-5-15(8(7(6)12)11(17)18)10(16)9(14)13(3,4)19/h6-9,19H,5,14H2,1-4H3,(H,17,18)/t6-,7-,8-,9?/m0/s1. The average Bonchev–Trinajstić information content (AvgIpc) is 2.65. The molecule has 1 aliphatic carbocycles. The maximum atomic E-state index is 12.3. The molecule has 1 heterocycles. The van der Waals surface area contributed by atoms with E-state index in [0.717, 1.165) is 0 Å². The zero-order valence-corrected chi connectivity index (χ0v) is 11.8. The smallest absolute Gasteiger partial charge is 0.326 e. The number of hydrogen-bond donors (Lipinski definition) is 3. The summed E-state index contributed by atoms with van der Waals surface area (Å²) in [5.41, 5.74) is 4.34. The van der Waals surface area contributed by atoms with E-state index in [1.54, 1.807) is 0 Å². The van der Waals surface area contributed by atoms with E-state index < -0.39 is 29.6 Å². The first kappa shape index (κ1) is 14.3. The van der Waals surface area contributed by atoms with Gasteiger partial charge in [0.05, 0.1) is 5.60 Å². The van der Waals surface area contributed by atoms with Gasteiger partial charge >= 0.3 is 5.97 Å². The summed E-state index contributed by atoms with van der Waals surface area (Å²) in [6.45, 7) is 7.36. The number of fused-ring (bicyclic) bond motifs is 1. The lowest BCUT2D eigenvalue weighted by molar-refractivity contribution is -0.153. The predicted molar refractivity (Wildman–Crippen MR) is 68.2 cm³/mol. The molecule has 1 saturated heterocycles. The molecule has 1 saturated carbocycles. The Bertz CT molecular complexity index is 427. The summed E-state index contributed by atoms with van der Waals surface area (Å²) < 4.78 is 0. The number of piperidine rings is 1. The number of carbonyl (C=O) groups is 2. The summed E-state index contributed by atoms with van der Waals surface area (Å²) in [6, 6.07) is -1.92. The third-order valence-electron chi connectivity index (χ3n) is 4.77. The van der Waals surface area contributed by atoms with E-state index in [4.69, 9.17) is 5.73 Å². The van der Waals surface area contributed by atoms with Crippen molar-refractivity contribution in [3.63, 3.8) is 0 Å². The quantitative estimate of drug-likeness (QED) is 0.650. The van der Waals surface area contributed by atoms with Gasteiger partial charge in [-0.15, -0.1) is 0 Å². The number of aliphatic carboxylic acids is 1.